The summed E-state index contributed by atoms with van der Waals surface area (Å²) in [6.45, 7) is 4.04. The minimum Gasteiger partial charge on any atom is -0.491 e. The Morgan fingerprint density at radius 1 is 1.00 bits per heavy atom. The highest BCUT2D eigenvalue weighted by molar-refractivity contribution is 5.95. The van der Waals surface area contributed by atoms with Gasteiger partial charge < -0.3 is 4.74 Å². The smallest absolute Gasteiger partial charge is 0.269 e. The first-order valence-corrected chi connectivity index (χ1v) is 8.48. The molecule has 0 spiro atoms. The Balaban J connectivity index is 1.76. The number of carbonyl (C=O) groups is 2. The second-order valence-electron chi connectivity index (χ2n) is 5.85. The highest BCUT2D eigenvalue weighted by Gasteiger charge is 2.08. The zero-order chi connectivity index (χ0) is 18.1. The number of carbonyl (C=O) groups excluding carboxylic acids is 2. The first-order valence-electron chi connectivity index (χ1n) is 8.48. The Labute approximate surface area is 148 Å². The Kier molecular flexibility index (Phi) is 7.01. The summed E-state index contributed by atoms with van der Waals surface area (Å²) in [6, 6.07) is 16.6. The van der Waals surface area contributed by atoms with Crippen molar-refractivity contribution < 1.29 is 14.3 Å². The first-order chi connectivity index (χ1) is 12.1. The zero-order valence-corrected chi connectivity index (χ0v) is 14.6. The molecule has 2 N–H and O–H groups in total. The van der Waals surface area contributed by atoms with E-state index >= 15 is 0 Å². The van der Waals surface area contributed by atoms with E-state index in [1.165, 1.54) is 0 Å². The van der Waals surface area contributed by atoms with Crippen LogP contribution in [0.15, 0.2) is 54.6 Å². The van der Waals surface area contributed by atoms with Gasteiger partial charge in [0.2, 0.25) is 5.91 Å². The molecule has 0 saturated heterocycles. The van der Waals surface area contributed by atoms with Crippen LogP contribution in [-0.4, -0.2) is 17.9 Å². The molecule has 132 valence electrons. The van der Waals surface area contributed by atoms with E-state index in [4.69, 9.17) is 4.74 Å². The van der Waals surface area contributed by atoms with Gasteiger partial charge in [-0.15, -0.1) is 0 Å². The van der Waals surface area contributed by atoms with Crippen LogP contribution in [0.25, 0.3) is 0 Å². The maximum Gasteiger partial charge on any atom is 0.269 e. The lowest BCUT2D eigenvalue weighted by Crippen LogP contribution is -2.41. The third-order valence-corrected chi connectivity index (χ3v) is 3.83. The lowest BCUT2D eigenvalue weighted by Gasteiger charge is -2.13. The number of hydrogen-bond donors (Lipinski definition) is 2. The molecule has 2 aromatic rings. The number of hydrazine groups is 1. The average Bonchev–Trinajstić information content (AvgIpc) is 2.65. The summed E-state index contributed by atoms with van der Waals surface area (Å²) in [6.07, 6.45) is 1.98. The largest absolute Gasteiger partial charge is 0.491 e. The van der Waals surface area contributed by atoms with Gasteiger partial charge in [0, 0.05) is 12.0 Å². The van der Waals surface area contributed by atoms with E-state index in [9.17, 15) is 9.59 Å². The van der Waals surface area contributed by atoms with Crippen LogP contribution in [0.5, 0.6) is 5.75 Å². The molecule has 2 rings (SSSR count). The van der Waals surface area contributed by atoms with Crippen molar-refractivity contribution in [2.24, 2.45) is 0 Å². The minimum atomic E-state index is -0.358. The topological polar surface area (TPSA) is 67.4 Å². The molecule has 0 aliphatic rings. The fourth-order valence-corrected chi connectivity index (χ4v) is 2.16. The second-order valence-corrected chi connectivity index (χ2v) is 5.85. The summed E-state index contributed by atoms with van der Waals surface area (Å²) in [5, 5.41) is 0. The molecule has 5 nitrogen and oxygen atoms in total. The van der Waals surface area contributed by atoms with E-state index in [1.807, 2.05) is 44.2 Å². The molecular weight excluding hydrogens is 316 g/mol. The Morgan fingerprint density at radius 2 is 1.68 bits per heavy atom. The van der Waals surface area contributed by atoms with Crippen molar-refractivity contribution in [3.8, 4) is 5.75 Å². The molecule has 0 radical (unpaired) electrons. The molecule has 25 heavy (non-hydrogen) atoms. The van der Waals surface area contributed by atoms with Crippen molar-refractivity contribution in [1.29, 1.82) is 0 Å². The first kappa shape index (κ1) is 18.5. The van der Waals surface area contributed by atoms with E-state index < -0.39 is 0 Å². The Morgan fingerprint density at radius 3 is 2.32 bits per heavy atom. The molecule has 1 unspecified atom stereocenters. The van der Waals surface area contributed by atoms with Crippen molar-refractivity contribution in [2.75, 3.05) is 0 Å². The lowest BCUT2D eigenvalue weighted by atomic mass is 10.1. The van der Waals surface area contributed by atoms with E-state index in [0.717, 1.165) is 17.7 Å². The molecule has 5 heteroatoms. The van der Waals surface area contributed by atoms with Crippen LogP contribution < -0.4 is 15.6 Å². The Hall–Kier alpha value is -2.82. The molecule has 0 aliphatic carbocycles. The highest BCUT2D eigenvalue weighted by Crippen LogP contribution is 2.14. The SMILES string of the molecule is CCC(C)Oc1ccc(C(=O)NNC(=O)CCc2ccccc2)cc1. The molecule has 0 bridgehead atoms. The number of hydrogen-bond acceptors (Lipinski definition) is 3. The summed E-state index contributed by atoms with van der Waals surface area (Å²) < 4.78 is 5.67. The summed E-state index contributed by atoms with van der Waals surface area (Å²) in [5.41, 5.74) is 6.41. The molecule has 0 fully saturated rings. The van der Waals surface area contributed by atoms with E-state index in [1.54, 1.807) is 24.3 Å². The summed E-state index contributed by atoms with van der Waals surface area (Å²) in [7, 11) is 0. The number of benzene rings is 2. The molecule has 1 atom stereocenters. The predicted molar refractivity (Wildman–Crippen MR) is 97.2 cm³/mol. The summed E-state index contributed by atoms with van der Waals surface area (Å²) in [5.74, 6) is 0.134. The van der Waals surface area contributed by atoms with Gasteiger partial charge in [0.25, 0.3) is 5.91 Å². The number of rotatable bonds is 7. The van der Waals surface area contributed by atoms with Crippen molar-refractivity contribution in [3.63, 3.8) is 0 Å². The number of aryl methyl sites for hydroxylation is 1. The number of nitrogens with one attached hydrogen (secondary N) is 2. The second kappa shape index (κ2) is 9.47. The fraction of sp³-hybridized carbons (Fsp3) is 0.300. The van der Waals surface area contributed by atoms with Crippen LogP contribution >= 0.6 is 0 Å². The standard InChI is InChI=1S/C20H24N2O3/c1-3-15(2)25-18-12-10-17(11-13-18)20(24)22-21-19(23)14-9-16-7-5-4-6-8-16/h4-8,10-13,15H,3,9,14H2,1-2H3,(H,21,23)(H,22,24). The lowest BCUT2D eigenvalue weighted by molar-refractivity contribution is -0.121. The number of amides is 2. The zero-order valence-electron chi connectivity index (χ0n) is 14.6. The monoisotopic (exact) mass is 340 g/mol. The minimum absolute atomic E-state index is 0.128. The van der Waals surface area contributed by atoms with Crippen LogP contribution in [0.3, 0.4) is 0 Å². The summed E-state index contributed by atoms with van der Waals surface area (Å²) >= 11 is 0. The molecule has 2 amide bonds. The van der Waals surface area contributed by atoms with Gasteiger partial charge in [0.05, 0.1) is 6.10 Å². The van der Waals surface area contributed by atoms with E-state index in [2.05, 4.69) is 10.9 Å². The van der Waals surface area contributed by atoms with Gasteiger partial charge in [-0.05, 0) is 49.6 Å². The number of ether oxygens (including phenoxy) is 1. The third-order valence-electron chi connectivity index (χ3n) is 3.83. The van der Waals surface area contributed by atoms with Gasteiger partial charge in [-0.1, -0.05) is 37.3 Å². The van der Waals surface area contributed by atoms with Crippen molar-refractivity contribution >= 4 is 11.8 Å². The van der Waals surface area contributed by atoms with Crippen molar-refractivity contribution in [2.45, 2.75) is 39.2 Å². The summed E-state index contributed by atoms with van der Waals surface area (Å²) in [4.78, 5) is 23.9. The van der Waals surface area contributed by atoms with Gasteiger partial charge in [0.1, 0.15) is 5.75 Å². The van der Waals surface area contributed by atoms with Gasteiger partial charge >= 0.3 is 0 Å². The molecule has 0 aromatic heterocycles. The van der Waals surface area contributed by atoms with Crippen LogP contribution in [0.2, 0.25) is 0 Å². The molecule has 2 aromatic carbocycles. The maximum absolute atomic E-state index is 12.0. The van der Waals surface area contributed by atoms with Crippen LogP contribution in [0, 0.1) is 0 Å². The fourth-order valence-electron chi connectivity index (χ4n) is 2.16. The van der Waals surface area contributed by atoms with Gasteiger partial charge in [-0.3, -0.25) is 20.4 Å². The quantitative estimate of drug-likeness (QED) is 0.760. The van der Waals surface area contributed by atoms with Crippen molar-refractivity contribution in [1.82, 2.24) is 10.9 Å². The van der Waals surface area contributed by atoms with Crippen LogP contribution in [-0.2, 0) is 11.2 Å². The van der Waals surface area contributed by atoms with Crippen LogP contribution in [0.4, 0.5) is 0 Å². The van der Waals surface area contributed by atoms with Crippen LogP contribution in [0.1, 0.15) is 42.6 Å². The normalized spacial score (nSPS) is 11.4. The molecule has 0 aliphatic heterocycles. The third kappa shape index (κ3) is 6.30. The molecule has 0 saturated carbocycles. The van der Waals surface area contributed by atoms with Crippen molar-refractivity contribution in [3.05, 3.63) is 65.7 Å². The predicted octanol–water partition coefficient (Wildman–Crippen LogP) is 3.26. The molecule has 0 heterocycles. The van der Waals surface area contributed by atoms with E-state index in [0.29, 0.717) is 18.4 Å². The van der Waals surface area contributed by atoms with Gasteiger partial charge in [0.15, 0.2) is 0 Å². The highest BCUT2D eigenvalue weighted by atomic mass is 16.5. The average molecular weight is 340 g/mol. The van der Waals surface area contributed by atoms with Gasteiger partial charge in [-0.2, -0.15) is 0 Å². The maximum atomic E-state index is 12.0. The molecular formula is C20H24N2O3. The van der Waals surface area contributed by atoms with E-state index in [-0.39, 0.29) is 17.9 Å². The Bertz CT molecular complexity index is 684. The van der Waals surface area contributed by atoms with Gasteiger partial charge in [-0.25, -0.2) is 0 Å².